The van der Waals surface area contributed by atoms with Crippen LogP contribution in [0.1, 0.15) is 10.4 Å². The number of carbonyl (C=O) groups is 3. The number of nitrogens with zero attached hydrogens (tertiary/aromatic N) is 3. The second-order valence-corrected chi connectivity index (χ2v) is 7.20. The minimum atomic E-state index is -1.61. The van der Waals surface area contributed by atoms with Gasteiger partial charge in [-0.15, -0.1) is 10.2 Å². The number of benzene rings is 1. The van der Waals surface area contributed by atoms with E-state index in [2.05, 4.69) is 10.2 Å². The topological polar surface area (TPSA) is 119 Å². The Balaban J connectivity index is 2.01. The summed E-state index contributed by atoms with van der Waals surface area (Å²) in [5.74, 6) is -3.36. The number of methoxy groups -OCH3 is 1. The molecule has 1 N–H and O–H groups in total. The van der Waals surface area contributed by atoms with Gasteiger partial charge in [-0.2, -0.15) is 0 Å². The monoisotopic (exact) mass is 437 g/mol. The van der Waals surface area contributed by atoms with Gasteiger partial charge in [0.1, 0.15) is 11.4 Å². The lowest BCUT2D eigenvalue weighted by molar-refractivity contribution is -0.149. The van der Waals surface area contributed by atoms with Crippen molar-refractivity contribution >= 4 is 35.1 Å². The number of ketones is 1. The lowest BCUT2D eigenvalue weighted by Crippen LogP contribution is -2.48. The van der Waals surface area contributed by atoms with Crippen LogP contribution in [0.4, 0.5) is 10.2 Å². The van der Waals surface area contributed by atoms with E-state index >= 15 is 0 Å². The van der Waals surface area contributed by atoms with Gasteiger partial charge in [0.05, 0.1) is 12.3 Å². The summed E-state index contributed by atoms with van der Waals surface area (Å²) in [5, 5.41) is 17.7. The van der Waals surface area contributed by atoms with Crippen LogP contribution in [-0.2, 0) is 19.1 Å². The van der Waals surface area contributed by atoms with Gasteiger partial charge in [0, 0.05) is 31.3 Å². The van der Waals surface area contributed by atoms with Crippen molar-refractivity contribution in [2.45, 2.75) is 0 Å². The molecule has 0 radical (unpaired) electrons. The van der Waals surface area contributed by atoms with Crippen molar-refractivity contribution in [3.05, 3.63) is 40.7 Å². The van der Waals surface area contributed by atoms with Crippen LogP contribution in [0.2, 0.25) is 5.02 Å². The predicted octanol–water partition coefficient (Wildman–Crippen LogP) is 1.83. The Labute approximate surface area is 175 Å². The van der Waals surface area contributed by atoms with E-state index in [0.717, 1.165) is 12.1 Å². The van der Waals surface area contributed by atoms with Crippen molar-refractivity contribution in [3.8, 4) is 11.3 Å². The van der Waals surface area contributed by atoms with Crippen molar-refractivity contribution in [3.63, 3.8) is 0 Å². The molecule has 0 saturated carbocycles. The average Bonchev–Trinajstić information content (AvgIpc) is 2.98. The first-order chi connectivity index (χ1) is 14.2. The number of carboxylic acids is 1. The minimum Gasteiger partial charge on any atom is -0.478 e. The number of esters is 1. The summed E-state index contributed by atoms with van der Waals surface area (Å²) in [6, 6.07) is 4.93. The molecule has 2 aromatic rings. The highest BCUT2D eigenvalue weighted by atomic mass is 35.5. The first kappa shape index (κ1) is 21.6. The third-order valence-corrected chi connectivity index (χ3v) is 4.96. The number of rotatable bonds is 7. The molecule has 1 atom stereocenters. The highest BCUT2D eigenvalue weighted by Gasteiger charge is 2.53. The number of aromatic nitrogens is 2. The molecular weight excluding hydrogens is 421 g/mol. The van der Waals surface area contributed by atoms with E-state index in [0.29, 0.717) is 0 Å². The van der Waals surface area contributed by atoms with Gasteiger partial charge in [0.25, 0.3) is 0 Å². The number of hydrogen-bond donors (Lipinski definition) is 1. The summed E-state index contributed by atoms with van der Waals surface area (Å²) in [4.78, 5) is 37.7. The van der Waals surface area contributed by atoms with Crippen LogP contribution in [0.15, 0.2) is 24.3 Å². The number of aromatic carboxylic acids is 1. The lowest BCUT2D eigenvalue weighted by Gasteiger charge is -2.29. The van der Waals surface area contributed by atoms with Crippen LogP contribution in [0.25, 0.3) is 11.3 Å². The Kier molecular flexibility index (Phi) is 5.99. The van der Waals surface area contributed by atoms with Gasteiger partial charge in [-0.25, -0.2) is 9.18 Å². The fraction of sp³-hybridized carbons (Fsp3) is 0.316. The standard InChI is InChI=1S/C19H17ClFN3O6/c1-24(8-19(9-29-2)15(25)7-30-18(19)28)16-12(17(26)27)6-14(22-23-16)11-5-10(20)3-4-13(11)21/h3-6H,7-9H2,1-2H3,(H,26,27). The zero-order valence-corrected chi connectivity index (χ0v) is 16.8. The number of carboxylic acid groups (broad SMARTS) is 1. The molecule has 30 heavy (non-hydrogen) atoms. The quantitative estimate of drug-likeness (QED) is 0.511. The Bertz CT molecular complexity index is 1020. The molecule has 0 aliphatic carbocycles. The minimum absolute atomic E-state index is 0.0166. The maximum Gasteiger partial charge on any atom is 0.339 e. The molecule has 2 heterocycles. The van der Waals surface area contributed by atoms with Crippen LogP contribution in [0, 0.1) is 11.2 Å². The summed E-state index contributed by atoms with van der Waals surface area (Å²) in [5.41, 5.74) is -1.96. The van der Waals surface area contributed by atoms with Gasteiger partial charge in [-0.3, -0.25) is 9.59 Å². The fourth-order valence-corrected chi connectivity index (χ4v) is 3.41. The van der Waals surface area contributed by atoms with Crippen LogP contribution in [0.3, 0.4) is 0 Å². The number of carbonyl (C=O) groups excluding carboxylic acids is 2. The lowest BCUT2D eigenvalue weighted by atomic mass is 9.85. The molecule has 1 saturated heterocycles. The molecule has 11 heteroatoms. The normalized spacial score (nSPS) is 18.4. The molecule has 1 unspecified atom stereocenters. The predicted molar refractivity (Wildman–Crippen MR) is 103 cm³/mol. The molecule has 0 spiro atoms. The van der Waals surface area contributed by atoms with Gasteiger partial charge in [0.15, 0.2) is 23.6 Å². The highest BCUT2D eigenvalue weighted by molar-refractivity contribution is 6.30. The zero-order valence-electron chi connectivity index (χ0n) is 16.0. The SMILES string of the molecule is COCC1(CN(C)c2nnc(-c3cc(Cl)ccc3F)cc2C(=O)O)C(=O)COC1=O. The average molecular weight is 438 g/mol. The Morgan fingerprint density at radius 1 is 1.37 bits per heavy atom. The number of halogens is 2. The van der Waals surface area contributed by atoms with Crippen molar-refractivity contribution in [2.24, 2.45) is 5.41 Å². The molecule has 1 aliphatic rings. The molecule has 1 fully saturated rings. The van der Waals surface area contributed by atoms with Crippen LogP contribution >= 0.6 is 11.6 Å². The summed E-state index contributed by atoms with van der Waals surface area (Å²) in [6.07, 6.45) is 0. The Morgan fingerprint density at radius 2 is 2.10 bits per heavy atom. The van der Waals surface area contributed by atoms with E-state index in [9.17, 15) is 23.9 Å². The van der Waals surface area contributed by atoms with Crippen LogP contribution in [0.5, 0.6) is 0 Å². The number of cyclic esters (lactones) is 1. The molecule has 1 aromatic carbocycles. The third-order valence-electron chi connectivity index (χ3n) is 4.73. The molecule has 1 aromatic heterocycles. The molecule has 158 valence electrons. The van der Waals surface area contributed by atoms with E-state index < -0.39 is 29.0 Å². The maximum absolute atomic E-state index is 14.2. The van der Waals surface area contributed by atoms with Gasteiger partial charge in [-0.05, 0) is 24.3 Å². The number of hydrogen-bond acceptors (Lipinski definition) is 8. The van der Waals surface area contributed by atoms with Gasteiger partial charge >= 0.3 is 11.9 Å². The molecule has 0 amide bonds. The Hall–Kier alpha value is -3.11. The number of anilines is 1. The largest absolute Gasteiger partial charge is 0.478 e. The summed E-state index contributed by atoms with van der Waals surface area (Å²) >= 11 is 5.89. The van der Waals surface area contributed by atoms with E-state index in [1.54, 1.807) is 0 Å². The zero-order chi connectivity index (χ0) is 22.1. The fourth-order valence-electron chi connectivity index (χ4n) is 3.24. The van der Waals surface area contributed by atoms with Crippen LogP contribution in [-0.4, -0.2) is 66.9 Å². The summed E-state index contributed by atoms with van der Waals surface area (Å²) in [7, 11) is 2.78. The van der Waals surface area contributed by atoms with Crippen molar-refractivity contribution < 1.29 is 33.4 Å². The van der Waals surface area contributed by atoms with E-state index in [1.165, 1.54) is 31.2 Å². The Morgan fingerprint density at radius 3 is 2.70 bits per heavy atom. The number of ether oxygens (including phenoxy) is 2. The first-order valence-electron chi connectivity index (χ1n) is 8.66. The highest BCUT2D eigenvalue weighted by Crippen LogP contribution is 2.32. The van der Waals surface area contributed by atoms with E-state index in [-0.39, 0.29) is 47.4 Å². The summed E-state index contributed by atoms with van der Waals surface area (Å²) in [6.45, 7) is -0.866. The smallest absolute Gasteiger partial charge is 0.339 e. The first-order valence-corrected chi connectivity index (χ1v) is 9.04. The van der Waals surface area contributed by atoms with Gasteiger partial charge in [0.2, 0.25) is 0 Å². The van der Waals surface area contributed by atoms with Crippen molar-refractivity contribution in [1.82, 2.24) is 10.2 Å². The van der Waals surface area contributed by atoms with Gasteiger partial charge in [-0.1, -0.05) is 11.6 Å². The number of Topliss-reactive ketones (excluding diaryl/α,β-unsaturated/α-hetero) is 1. The molecule has 9 nitrogen and oxygen atoms in total. The van der Waals surface area contributed by atoms with Crippen LogP contribution < -0.4 is 4.90 Å². The van der Waals surface area contributed by atoms with Crippen molar-refractivity contribution in [1.29, 1.82) is 0 Å². The summed E-state index contributed by atoms with van der Waals surface area (Å²) < 4.78 is 24.0. The van der Waals surface area contributed by atoms with E-state index in [4.69, 9.17) is 21.1 Å². The molecule has 1 aliphatic heterocycles. The molecular formula is C19H17ClFN3O6. The van der Waals surface area contributed by atoms with Crippen molar-refractivity contribution in [2.75, 3.05) is 38.8 Å². The maximum atomic E-state index is 14.2. The molecule has 0 bridgehead atoms. The second kappa shape index (κ2) is 8.33. The third kappa shape index (κ3) is 3.83. The second-order valence-electron chi connectivity index (χ2n) is 6.77. The van der Waals surface area contributed by atoms with E-state index in [1.807, 2.05) is 0 Å². The molecule has 3 rings (SSSR count). The van der Waals surface area contributed by atoms with Gasteiger partial charge < -0.3 is 19.5 Å².